The maximum atomic E-state index is 12.5. The van der Waals surface area contributed by atoms with Gasteiger partial charge < -0.3 is 0 Å². The monoisotopic (exact) mass is 470 g/mol. The van der Waals surface area contributed by atoms with Gasteiger partial charge in [-0.2, -0.15) is 0 Å². The van der Waals surface area contributed by atoms with Crippen LogP contribution in [0.3, 0.4) is 0 Å². The molecule has 0 heterocycles. The Bertz CT molecular complexity index is 1020. The number of fused-ring (bicyclic) bond motifs is 1. The Kier molecular flexibility index (Phi) is 8.07. The first-order chi connectivity index (χ1) is 15.5. The van der Waals surface area contributed by atoms with E-state index in [4.69, 9.17) is 13.6 Å². The zero-order valence-electron chi connectivity index (χ0n) is 21.2. The lowest BCUT2D eigenvalue weighted by atomic mass is 9.63. The lowest BCUT2D eigenvalue weighted by molar-refractivity contribution is 0.116. The van der Waals surface area contributed by atoms with E-state index in [1.807, 2.05) is 12.1 Å². The fraction of sp³-hybridized carbons (Fsp3) is 0.500. The average molecular weight is 471 g/mol. The Morgan fingerprint density at radius 2 is 1.45 bits per heavy atom. The number of phosphoric acid groups is 1. The molecule has 0 unspecified atom stereocenters. The van der Waals surface area contributed by atoms with Crippen molar-refractivity contribution in [2.45, 2.75) is 78.7 Å². The second-order valence-electron chi connectivity index (χ2n) is 10.2. The molecule has 180 valence electrons. The summed E-state index contributed by atoms with van der Waals surface area (Å²) >= 11 is 0. The first kappa shape index (κ1) is 25.9. The van der Waals surface area contributed by atoms with Gasteiger partial charge in [0.25, 0.3) is 0 Å². The smallest absolute Gasteiger partial charge is 0.287 e. The topological polar surface area (TPSA) is 44.8 Å². The van der Waals surface area contributed by atoms with Crippen LogP contribution in [-0.2, 0) is 35.6 Å². The number of benzene rings is 2. The maximum Gasteiger partial charge on any atom is 0.475 e. The van der Waals surface area contributed by atoms with Crippen molar-refractivity contribution in [2.75, 3.05) is 13.2 Å². The lowest BCUT2D eigenvalue weighted by Crippen LogP contribution is -2.33. The van der Waals surface area contributed by atoms with E-state index in [1.165, 1.54) is 35.1 Å². The summed E-state index contributed by atoms with van der Waals surface area (Å²) in [4.78, 5) is 0. The molecule has 0 saturated heterocycles. The van der Waals surface area contributed by atoms with Crippen LogP contribution in [0.4, 0.5) is 0 Å². The Morgan fingerprint density at radius 3 is 2.03 bits per heavy atom. The van der Waals surface area contributed by atoms with Crippen molar-refractivity contribution in [1.82, 2.24) is 0 Å². The predicted molar refractivity (Wildman–Crippen MR) is 137 cm³/mol. The van der Waals surface area contributed by atoms with Crippen LogP contribution in [0, 0.1) is 0 Å². The van der Waals surface area contributed by atoms with Crippen molar-refractivity contribution in [2.24, 2.45) is 0 Å². The molecular formula is C28H39O4P. The maximum absolute atomic E-state index is 12.5. The Labute approximate surface area is 200 Å². The van der Waals surface area contributed by atoms with Gasteiger partial charge in [-0.15, -0.1) is 0 Å². The van der Waals surface area contributed by atoms with Gasteiger partial charge in [0.1, 0.15) is 0 Å². The zero-order chi connectivity index (χ0) is 24.3. The molecule has 1 aliphatic rings. The van der Waals surface area contributed by atoms with Gasteiger partial charge in [0.15, 0.2) is 0 Å². The molecule has 0 aliphatic heterocycles. The standard InChI is InChI=1S/C28H39O4P/c1-8-30-33(29,31-9-2)32-20-23-12-10-22(11-13-23)18-21(3)24-14-15-25-26(19-24)28(6,7)17-16-27(25,4)5/h10-15,18-19H,8-9,16-17,20H2,1-7H3. The van der Waals surface area contributed by atoms with Crippen molar-refractivity contribution in [1.29, 1.82) is 0 Å². The van der Waals surface area contributed by atoms with Gasteiger partial charge >= 0.3 is 7.82 Å². The highest BCUT2D eigenvalue weighted by atomic mass is 31.2. The van der Waals surface area contributed by atoms with Crippen LogP contribution in [0.25, 0.3) is 11.6 Å². The van der Waals surface area contributed by atoms with Crippen LogP contribution < -0.4 is 0 Å². The quantitative estimate of drug-likeness (QED) is 0.273. The third-order valence-electron chi connectivity index (χ3n) is 6.63. The van der Waals surface area contributed by atoms with Crippen LogP contribution in [0.1, 0.15) is 89.1 Å². The Morgan fingerprint density at radius 1 is 0.879 bits per heavy atom. The van der Waals surface area contributed by atoms with Gasteiger partial charge in [0.05, 0.1) is 19.8 Å². The van der Waals surface area contributed by atoms with E-state index in [9.17, 15) is 4.57 Å². The molecule has 2 aromatic carbocycles. The van der Waals surface area contributed by atoms with Gasteiger partial charge in [-0.05, 0) is 77.8 Å². The summed E-state index contributed by atoms with van der Waals surface area (Å²) in [5.74, 6) is 0. The molecular weight excluding hydrogens is 431 g/mol. The van der Waals surface area contributed by atoms with E-state index in [0.717, 1.165) is 11.1 Å². The molecule has 33 heavy (non-hydrogen) atoms. The van der Waals surface area contributed by atoms with Crippen LogP contribution in [0.5, 0.6) is 0 Å². The molecule has 0 amide bonds. The molecule has 0 radical (unpaired) electrons. The predicted octanol–water partition coefficient (Wildman–Crippen LogP) is 8.29. The molecule has 0 bridgehead atoms. The highest BCUT2D eigenvalue weighted by molar-refractivity contribution is 7.48. The first-order valence-electron chi connectivity index (χ1n) is 12.0. The second-order valence-corrected chi connectivity index (χ2v) is 11.8. The van der Waals surface area contributed by atoms with Crippen molar-refractivity contribution in [3.05, 3.63) is 70.3 Å². The summed E-state index contributed by atoms with van der Waals surface area (Å²) in [6.07, 6.45) is 4.64. The summed E-state index contributed by atoms with van der Waals surface area (Å²) < 4.78 is 28.3. The van der Waals surface area contributed by atoms with E-state index in [1.54, 1.807) is 13.8 Å². The van der Waals surface area contributed by atoms with E-state index in [-0.39, 0.29) is 30.7 Å². The van der Waals surface area contributed by atoms with Gasteiger partial charge in [-0.25, -0.2) is 4.57 Å². The molecule has 3 rings (SSSR count). The summed E-state index contributed by atoms with van der Waals surface area (Å²) in [6, 6.07) is 15.1. The van der Waals surface area contributed by atoms with E-state index >= 15 is 0 Å². The van der Waals surface area contributed by atoms with Gasteiger partial charge in [0.2, 0.25) is 0 Å². The fourth-order valence-electron chi connectivity index (χ4n) is 4.46. The minimum atomic E-state index is -3.50. The summed E-state index contributed by atoms with van der Waals surface area (Å²) in [7, 11) is -3.50. The lowest BCUT2D eigenvalue weighted by Gasteiger charge is -2.42. The van der Waals surface area contributed by atoms with Crippen molar-refractivity contribution >= 4 is 19.5 Å². The van der Waals surface area contributed by atoms with Crippen molar-refractivity contribution < 1.29 is 18.1 Å². The number of rotatable bonds is 9. The fourth-order valence-corrected chi connectivity index (χ4v) is 5.62. The van der Waals surface area contributed by atoms with E-state index in [2.05, 4.69) is 71.0 Å². The summed E-state index contributed by atoms with van der Waals surface area (Å²) in [5.41, 5.74) is 7.92. The molecule has 0 aromatic heterocycles. The van der Waals surface area contributed by atoms with Crippen LogP contribution in [0.15, 0.2) is 42.5 Å². The molecule has 0 atom stereocenters. The zero-order valence-corrected chi connectivity index (χ0v) is 22.1. The minimum absolute atomic E-state index is 0.177. The highest BCUT2D eigenvalue weighted by Gasteiger charge is 2.36. The largest absolute Gasteiger partial charge is 0.475 e. The van der Waals surface area contributed by atoms with Crippen molar-refractivity contribution in [3.63, 3.8) is 0 Å². The van der Waals surface area contributed by atoms with Crippen LogP contribution in [-0.4, -0.2) is 13.2 Å². The molecule has 2 aromatic rings. The minimum Gasteiger partial charge on any atom is -0.287 e. The molecule has 5 heteroatoms. The molecule has 0 saturated carbocycles. The number of hydrogen-bond donors (Lipinski definition) is 0. The first-order valence-corrected chi connectivity index (χ1v) is 13.4. The van der Waals surface area contributed by atoms with Gasteiger partial charge in [-0.3, -0.25) is 13.6 Å². The molecule has 0 fully saturated rings. The molecule has 4 nitrogen and oxygen atoms in total. The summed E-state index contributed by atoms with van der Waals surface area (Å²) in [6.45, 7) is 15.9. The average Bonchev–Trinajstić information content (AvgIpc) is 2.77. The van der Waals surface area contributed by atoms with Crippen LogP contribution >= 0.6 is 7.82 Å². The third-order valence-corrected chi connectivity index (χ3v) is 8.23. The highest BCUT2D eigenvalue weighted by Crippen LogP contribution is 2.50. The second kappa shape index (κ2) is 10.3. The molecule has 1 aliphatic carbocycles. The number of allylic oxidation sites excluding steroid dienone is 1. The SMILES string of the molecule is CCOP(=O)(OCC)OCc1ccc(C=C(C)c2ccc3c(c2)C(C)(C)CCC3(C)C)cc1. The van der Waals surface area contributed by atoms with Crippen LogP contribution in [0.2, 0.25) is 0 Å². The van der Waals surface area contributed by atoms with Gasteiger partial charge in [-0.1, -0.05) is 76.2 Å². The Balaban J connectivity index is 1.76. The number of phosphoric ester groups is 1. The van der Waals surface area contributed by atoms with Gasteiger partial charge in [0, 0.05) is 0 Å². The van der Waals surface area contributed by atoms with E-state index in [0.29, 0.717) is 0 Å². The molecule has 0 spiro atoms. The number of hydrogen-bond acceptors (Lipinski definition) is 4. The van der Waals surface area contributed by atoms with Crippen molar-refractivity contribution in [3.8, 4) is 0 Å². The van der Waals surface area contributed by atoms with E-state index < -0.39 is 7.82 Å². The normalized spacial score (nSPS) is 17.6. The Hall–Kier alpha value is -1.71. The summed E-state index contributed by atoms with van der Waals surface area (Å²) in [5, 5.41) is 0. The third kappa shape index (κ3) is 6.25. The molecule has 0 N–H and O–H groups in total.